The Morgan fingerprint density at radius 2 is 2.03 bits per heavy atom. The molecule has 1 aromatic carbocycles. The van der Waals surface area contributed by atoms with Crippen LogP contribution in [0.15, 0.2) is 48.8 Å². The van der Waals surface area contributed by atoms with Gasteiger partial charge in [0.2, 0.25) is 5.91 Å². The summed E-state index contributed by atoms with van der Waals surface area (Å²) in [7, 11) is 1.33. The van der Waals surface area contributed by atoms with E-state index in [2.05, 4.69) is 15.0 Å². The summed E-state index contributed by atoms with van der Waals surface area (Å²) in [6.45, 7) is 3.49. The second-order valence-corrected chi connectivity index (χ2v) is 10.6. The molecule has 3 N–H and O–H groups in total. The second-order valence-electron chi connectivity index (χ2n) is 10.6. The number of carbonyl (C=O) groups excluding carboxylic acids is 2. The summed E-state index contributed by atoms with van der Waals surface area (Å²) in [5, 5.41) is 25.4. The molecule has 2 aromatic rings. The number of aliphatic hydroxyl groups is 2. The average molecular weight is 510 g/mol. The molecule has 0 spiro atoms. The molecule has 0 unspecified atom stereocenters. The molecular weight excluding hydrogens is 470 g/mol. The number of nitrogens with one attached hydrogen (secondary N) is 1. The number of piperidine rings is 1. The fourth-order valence-corrected chi connectivity index (χ4v) is 6.07. The van der Waals surface area contributed by atoms with Crippen molar-refractivity contribution in [2.24, 2.45) is 17.8 Å². The molecular formula is C29H39N3O5. The van der Waals surface area contributed by atoms with Crippen molar-refractivity contribution >= 4 is 12.0 Å². The number of rotatable bonds is 8. The van der Waals surface area contributed by atoms with Gasteiger partial charge < -0.3 is 25.2 Å². The van der Waals surface area contributed by atoms with E-state index in [1.165, 1.54) is 7.11 Å². The number of ether oxygens (including phenoxy) is 1. The molecule has 5 atom stereocenters. The summed E-state index contributed by atoms with van der Waals surface area (Å²) in [6, 6.07) is 11.7. The minimum atomic E-state index is -1.22. The van der Waals surface area contributed by atoms with Crippen molar-refractivity contribution in [3.63, 3.8) is 0 Å². The van der Waals surface area contributed by atoms with Gasteiger partial charge in [-0.25, -0.2) is 4.79 Å². The van der Waals surface area contributed by atoms with E-state index < -0.39 is 17.8 Å². The number of pyridine rings is 1. The van der Waals surface area contributed by atoms with Crippen LogP contribution in [0.25, 0.3) is 11.1 Å². The van der Waals surface area contributed by atoms with Gasteiger partial charge in [-0.3, -0.25) is 9.78 Å². The number of nitrogens with zero attached hydrogens (tertiary/aromatic N) is 2. The fraction of sp³-hybridized carbons (Fsp3) is 0.552. The van der Waals surface area contributed by atoms with Crippen molar-refractivity contribution in [1.29, 1.82) is 0 Å². The normalized spacial score (nSPS) is 25.4. The van der Waals surface area contributed by atoms with Crippen LogP contribution in [0.4, 0.5) is 4.79 Å². The van der Waals surface area contributed by atoms with E-state index in [0.29, 0.717) is 45.3 Å². The highest BCUT2D eigenvalue weighted by Gasteiger charge is 2.44. The number of benzene rings is 1. The summed E-state index contributed by atoms with van der Waals surface area (Å²) in [5.41, 5.74) is 1.42. The summed E-state index contributed by atoms with van der Waals surface area (Å²) in [6.07, 6.45) is 6.35. The Balaban J connectivity index is 1.61. The van der Waals surface area contributed by atoms with E-state index in [1.54, 1.807) is 12.4 Å². The number of likely N-dealkylation sites (tertiary alicyclic amines) is 1. The van der Waals surface area contributed by atoms with Gasteiger partial charge in [0, 0.05) is 49.4 Å². The van der Waals surface area contributed by atoms with Gasteiger partial charge >= 0.3 is 6.09 Å². The van der Waals surface area contributed by atoms with E-state index >= 15 is 0 Å². The Kier molecular flexibility index (Phi) is 8.82. The number of methoxy groups -OCH3 is 1. The molecule has 1 aliphatic carbocycles. The zero-order valence-electron chi connectivity index (χ0n) is 21.8. The molecule has 2 fully saturated rings. The van der Waals surface area contributed by atoms with Crippen LogP contribution in [-0.4, -0.2) is 64.9 Å². The molecule has 8 nitrogen and oxygen atoms in total. The molecule has 1 aromatic heterocycles. The SMILES string of the molecule is COC(=O)NCCC[C@@](O)(c1ccccc1-c1cccnc1)[C@@H]1CCCN(C(=O)[C@H]2C[C@@H](C)[C@@H](O)C2)C1. The van der Waals surface area contributed by atoms with Crippen LogP contribution in [0.1, 0.15) is 51.0 Å². The molecule has 200 valence electrons. The van der Waals surface area contributed by atoms with Crippen LogP contribution in [0.5, 0.6) is 0 Å². The van der Waals surface area contributed by atoms with Gasteiger partial charge in [0.1, 0.15) is 0 Å². The lowest BCUT2D eigenvalue weighted by Gasteiger charge is -2.44. The zero-order chi connectivity index (χ0) is 26.4. The van der Waals surface area contributed by atoms with Gasteiger partial charge in [0.05, 0.1) is 18.8 Å². The predicted octanol–water partition coefficient (Wildman–Crippen LogP) is 3.72. The number of hydrogen-bond acceptors (Lipinski definition) is 6. The van der Waals surface area contributed by atoms with Crippen LogP contribution >= 0.6 is 0 Å². The number of hydrogen-bond donors (Lipinski definition) is 3. The average Bonchev–Trinajstić information content (AvgIpc) is 3.28. The molecule has 2 heterocycles. The summed E-state index contributed by atoms with van der Waals surface area (Å²) in [5.74, 6) is -0.128. The monoisotopic (exact) mass is 509 g/mol. The molecule has 1 aliphatic heterocycles. The van der Waals surface area contributed by atoms with E-state index in [0.717, 1.165) is 29.5 Å². The Hall–Kier alpha value is -2.97. The summed E-state index contributed by atoms with van der Waals surface area (Å²) >= 11 is 0. The van der Waals surface area contributed by atoms with Crippen molar-refractivity contribution in [2.45, 2.75) is 57.2 Å². The maximum atomic E-state index is 13.4. The molecule has 2 aliphatic rings. The zero-order valence-corrected chi connectivity index (χ0v) is 21.8. The van der Waals surface area contributed by atoms with Gasteiger partial charge in [-0.15, -0.1) is 0 Å². The van der Waals surface area contributed by atoms with E-state index in [9.17, 15) is 19.8 Å². The van der Waals surface area contributed by atoms with Crippen LogP contribution in [0.2, 0.25) is 0 Å². The largest absolute Gasteiger partial charge is 0.453 e. The predicted molar refractivity (Wildman–Crippen MR) is 140 cm³/mol. The Morgan fingerprint density at radius 3 is 2.73 bits per heavy atom. The third kappa shape index (κ3) is 6.13. The quantitative estimate of drug-likeness (QED) is 0.468. The van der Waals surface area contributed by atoms with E-state index in [4.69, 9.17) is 0 Å². The highest BCUT2D eigenvalue weighted by molar-refractivity contribution is 5.79. The third-order valence-electron chi connectivity index (χ3n) is 8.15. The molecule has 4 rings (SSSR count). The number of aliphatic hydroxyl groups excluding tert-OH is 1. The Bertz CT molecular complexity index is 1050. The lowest BCUT2D eigenvalue weighted by molar-refractivity contribution is -0.141. The number of amides is 2. The van der Waals surface area contributed by atoms with E-state index in [1.807, 2.05) is 48.2 Å². The van der Waals surface area contributed by atoms with Gasteiger partial charge in [0.25, 0.3) is 0 Å². The first-order valence-corrected chi connectivity index (χ1v) is 13.3. The van der Waals surface area contributed by atoms with Crippen LogP contribution in [0, 0.1) is 17.8 Å². The molecule has 1 saturated heterocycles. The lowest BCUT2D eigenvalue weighted by Crippen LogP contribution is -2.49. The Morgan fingerprint density at radius 1 is 1.22 bits per heavy atom. The van der Waals surface area contributed by atoms with Crippen molar-refractivity contribution < 1.29 is 24.5 Å². The van der Waals surface area contributed by atoms with Crippen molar-refractivity contribution in [2.75, 3.05) is 26.7 Å². The third-order valence-corrected chi connectivity index (χ3v) is 8.15. The first-order chi connectivity index (χ1) is 17.8. The molecule has 37 heavy (non-hydrogen) atoms. The number of alkyl carbamates (subject to hydrolysis) is 1. The minimum Gasteiger partial charge on any atom is -0.453 e. The molecule has 1 saturated carbocycles. The standard InChI is InChI=1S/C29H39N3O5/c1-20-16-22(17-26(20)33)27(34)32-15-6-9-23(19-32)29(36,12-7-14-31-28(35)37-2)25-11-4-3-10-24(25)21-8-5-13-30-18-21/h3-5,8,10-11,13,18,20,22-23,26,33,36H,6-7,9,12,14-17,19H2,1-2H3,(H,31,35)/t20-,22+,23-,26+,29+/m1/s1. The molecule has 2 amide bonds. The maximum Gasteiger partial charge on any atom is 0.406 e. The fourth-order valence-electron chi connectivity index (χ4n) is 6.07. The van der Waals surface area contributed by atoms with Gasteiger partial charge in [-0.1, -0.05) is 37.3 Å². The van der Waals surface area contributed by atoms with Crippen LogP contribution < -0.4 is 5.32 Å². The highest BCUT2D eigenvalue weighted by Crippen LogP contribution is 2.44. The first kappa shape index (κ1) is 27.1. The van der Waals surface area contributed by atoms with Crippen molar-refractivity contribution in [3.8, 4) is 11.1 Å². The highest BCUT2D eigenvalue weighted by atomic mass is 16.5. The van der Waals surface area contributed by atoms with Crippen molar-refractivity contribution in [3.05, 3.63) is 54.4 Å². The van der Waals surface area contributed by atoms with Gasteiger partial charge in [-0.05, 0) is 61.6 Å². The summed E-state index contributed by atoms with van der Waals surface area (Å²) < 4.78 is 4.68. The minimum absolute atomic E-state index is 0.0864. The van der Waals surface area contributed by atoms with Crippen LogP contribution in [0.3, 0.4) is 0 Å². The molecule has 0 radical (unpaired) electrons. The number of aromatic nitrogens is 1. The molecule has 0 bridgehead atoms. The number of carbonyl (C=O) groups is 2. The van der Waals surface area contributed by atoms with Crippen LogP contribution in [-0.2, 0) is 15.1 Å². The lowest BCUT2D eigenvalue weighted by atomic mass is 9.72. The van der Waals surface area contributed by atoms with Crippen molar-refractivity contribution in [1.82, 2.24) is 15.2 Å². The Labute approximate surface area is 219 Å². The second kappa shape index (κ2) is 12.0. The summed E-state index contributed by atoms with van der Waals surface area (Å²) in [4.78, 5) is 31.2. The van der Waals surface area contributed by atoms with E-state index in [-0.39, 0.29) is 23.7 Å². The maximum absolute atomic E-state index is 13.4. The topological polar surface area (TPSA) is 112 Å². The molecule has 8 heteroatoms. The van der Waals surface area contributed by atoms with Gasteiger partial charge in [0.15, 0.2) is 0 Å². The smallest absolute Gasteiger partial charge is 0.406 e. The first-order valence-electron chi connectivity index (χ1n) is 13.3. The van der Waals surface area contributed by atoms with Gasteiger partial charge in [-0.2, -0.15) is 0 Å².